The van der Waals surface area contributed by atoms with Crippen molar-refractivity contribution in [1.29, 1.82) is 0 Å². The Morgan fingerprint density at radius 3 is 2.83 bits per heavy atom. The molecule has 7 rings (SSSR count). The normalized spacial score (nSPS) is 17.6. The number of anilines is 2. The molecule has 0 saturated carbocycles. The molecule has 6 heterocycles. The van der Waals surface area contributed by atoms with Gasteiger partial charge in [-0.15, -0.1) is 11.3 Å². The van der Waals surface area contributed by atoms with Gasteiger partial charge in [-0.05, 0) is 42.5 Å². The van der Waals surface area contributed by atoms with Gasteiger partial charge in [-0.25, -0.2) is 9.37 Å². The Kier molecular flexibility index (Phi) is 4.25. The van der Waals surface area contributed by atoms with Crippen molar-refractivity contribution in [2.24, 2.45) is 0 Å². The van der Waals surface area contributed by atoms with E-state index in [1.165, 1.54) is 6.07 Å². The molecule has 1 fully saturated rings. The summed E-state index contributed by atoms with van der Waals surface area (Å²) in [6.45, 7) is 0. The number of nitrogens with zero attached hydrogens (tertiary/aromatic N) is 3. The van der Waals surface area contributed by atoms with Crippen LogP contribution in [0.4, 0.5) is 20.3 Å². The SMILES string of the molecule is CN1c2cc(F)c(-c3cccnc3)cc2C(c2nc3c([nH]2)C(c2ccc(F)s2)=CC=CN3)=C2NC21. The van der Waals surface area contributed by atoms with Crippen molar-refractivity contribution in [3.8, 4) is 11.1 Å². The Balaban J connectivity index is 1.39. The van der Waals surface area contributed by atoms with Crippen molar-refractivity contribution in [1.82, 2.24) is 20.3 Å². The molecule has 3 aromatic heterocycles. The van der Waals surface area contributed by atoms with Gasteiger partial charge in [-0.2, -0.15) is 4.39 Å². The Morgan fingerprint density at radius 1 is 1.11 bits per heavy atom. The van der Waals surface area contributed by atoms with Crippen LogP contribution in [0, 0.1) is 10.9 Å². The number of H-pyrrole nitrogens is 1. The van der Waals surface area contributed by atoms with Gasteiger partial charge in [0, 0.05) is 64.0 Å². The van der Waals surface area contributed by atoms with E-state index in [-0.39, 0.29) is 17.1 Å². The lowest BCUT2D eigenvalue weighted by molar-refractivity contribution is 0.630. The van der Waals surface area contributed by atoms with Crippen molar-refractivity contribution in [3.63, 3.8) is 0 Å². The van der Waals surface area contributed by atoms with Gasteiger partial charge < -0.3 is 20.5 Å². The molecular formula is C26H18F2N6S. The molecule has 1 unspecified atom stereocenters. The van der Waals surface area contributed by atoms with Gasteiger partial charge in [0.25, 0.3) is 0 Å². The van der Waals surface area contributed by atoms with E-state index in [9.17, 15) is 4.39 Å². The maximum Gasteiger partial charge on any atom is 0.176 e. The molecule has 172 valence electrons. The zero-order valence-electron chi connectivity index (χ0n) is 18.4. The lowest BCUT2D eigenvalue weighted by atomic mass is 9.94. The molecule has 0 bridgehead atoms. The van der Waals surface area contributed by atoms with Crippen LogP contribution in [0.2, 0.25) is 0 Å². The first-order valence-corrected chi connectivity index (χ1v) is 11.9. The highest BCUT2D eigenvalue weighted by molar-refractivity contribution is 7.11. The number of rotatable bonds is 3. The fourth-order valence-electron chi connectivity index (χ4n) is 4.75. The number of benzene rings is 1. The van der Waals surface area contributed by atoms with E-state index < -0.39 is 0 Å². The molecule has 3 N–H and O–H groups in total. The molecule has 0 spiro atoms. The first-order valence-electron chi connectivity index (χ1n) is 11.1. The highest BCUT2D eigenvalue weighted by Gasteiger charge is 2.43. The summed E-state index contributed by atoms with van der Waals surface area (Å²) in [7, 11) is 1.94. The molecule has 35 heavy (non-hydrogen) atoms. The van der Waals surface area contributed by atoms with Crippen LogP contribution in [-0.2, 0) is 0 Å². The summed E-state index contributed by atoms with van der Waals surface area (Å²) in [6.07, 6.45) is 8.92. The molecular weight excluding hydrogens is 466 g/mol. The second-order valence-electron chi connectivity index (χ2n) is 8.53. The summed E-state index contributed by atoms with van der Waals surface area (Å²) in [4.78, 5) is 15.3. The third kappa shape index (κ3) is 3.12. The minimum atomic E-state index is -0.306. The summed E-state index contributed by atoms with van der Waals surface area (Å²) < 4.78 is 29.0. The lowest BCUT2D eigenvalue weighted by Crippen LogP contribution is -2.26. The van der Waals surface area contributed by atoms with Gasteiger partial charge in [0.2, 0.25) is 0 Å². The second-order valence-corrected chi connectivity index (χ2v) is 9.57. The van der Waals surface area contributed by atoms with E-state index in [1.807, 2.05) is 36.2 Å². The smallest absolute Gasteiger partial charge is 0.176 e. The minimum Gasteiger partial charge on any atom is -0.360 e. The number of allylic oxidation sites excluding steroid dienone is 2. The summed E-state index contributed by atoms with van der Waals surface area (Å²) in [5.41, 5.74) is 6.37. The highest BCUT2D eigenvalue weighted by Crippen LogP contribution is 2.47. The van der Waals surface area contributed by atoms with Gasteiger partial charge >= 0.3 is 0 Å². The number of pyridine rings is 1. The maximum absolute atomic E-state index is 15.2. The molecule has 1 aromatic carbocycles. The lowest BCUT2D eigenvalue weighted by Gasteiger charge is -2.25. The fourth-order valence-corrected chi connectivity index (χ4v) is 5.51. The molecule has 9 heteroatoms. The zero-order chi connectivity index (χ0) is 23.7. The van der Waals surface area contributed by atoms with Crippen molar-refractivity contribution in [3.05, 3.63) is 106 Å². The Hall–Kier alpha value is -4.24. The topological polar surface area (TPSA) is 78.8 Å². The Labute approximate surface area is 203 Å². The monoisotopic (exact) mass is 484 g/mol. The van der Waals surface area contributed by atoms with Gasteiger partial charge in [0.05, 0.1) is 11.4 Å². The van der Waals surface area contributed by atoms with E-state index >= 15 is 4.39 Å². The molecule has 3 aliphatic rings. The Bertz CT molecular complexity index is 1600. The van der Waals surface area contributed by atoms with Crippen molar-refractivity contribution in [2.75, 3.05) is 17.3 Å². The van der Waals surface area contributed by atoms with E-state index in [1.54, 1.807) is 36.8 Å². The van der Waals surface area contributed by atoms with Crippen molar-refractivity contribution in [2.45, 2.75) is 6.17 Å². The molecule has 6 nitrogen and oxygen atoms in total. The first-order chi connectivity index (χ1) is 17.1. The summed E-state index contributed by atoms with van der Waals surface area (Å²) in [5.74, 6) is 0.997. The number of imidazole rings is 1. The average Bonchev–Trinajstić information content (AvgIpc) is 3.45. The number of likely N-dealkylation sites (N-methyl/N-ethyl adjacent to an activating group) is 1. The molecule has 0 amide bonds. The number of thiophene rings is 1. The van der Waals surface area contributed by atoms with Crippen LogP contribution in [0.3, 0.4) is 0 Å². The third-order valence-electron chi connectivity index (χ3n) is 6.47. The summed E-state index contributed by atoms with van der Waals surface area (Å²) >= 11 is 1.09. The molecule has 0 aliphatic carbocycles. The van der Waals surface area contributed by atoms with Gasteiger partial charge in [0.1, 0.15) is 17.8 Å². The summed E-state index contributed by atoms with van der Waals surface area (Å²) in [5, 5.41) is 6.38. The van der Waals surface area contributed by atoms with E-state index in [4.69, 9.17) is 4.98 Å². The predicted molar refractivity (Wildman–Crippen MR) is 134 cm³/mol. The minimum absolute atomic E-state index is 0.0136. The van der Waals surface area contributed by atoms with E-state index in [0.29, 0.717) is 22.8 Å². The van der Waals surface area contributed by atoms with Crippen LogP contribution in [0.25, 0.3) is 22.3 Å². The quantitative estimate of drug-likeness (QED) is 0.343. The maximum atomic E-state index is 15.2. The van der Waals surface area contributed by atoms with Crippen LogP contribution in [0.5, 0.6) is 0 Å². The van der Waals surface area contributed by atoms with Crippen LogP contribution < -0.4 is 15.5 Å². The number of hydrogen-bond acceptors (Lipinski definition) is 6. The number of hydrogen-bond donors (Lipinski definition) is 3. The molecule has 4 aromatic rings. The highest BCUT2D eigenvalue weighted by atomic mass is 32.1. The number of aromatic nitrogens is 3. The first kappa shape index (κ1) is 20.2. The molecule has 3 aliphatic heterocycles. The third-order valence-corrected chi connectivity index (χ3v) is 7.38. The van der Waals surface area contributed by atoms with E-state index in [2.05, 4.69) is 20.6 Å². The van der Waals surface area contributed by atoms with Crippen molar-refractivity contribution >= 4 is 34.0 Å². The fraction of sp³-hybridized carbons (Fsp3) is 0.0769. The van der Waals surface area contributed by atoms with Crippen LogP contribution in [-0.4, -0.2) is 28.2 Å². The molecule has 1 atom stereocenters. The standard InChI is InChI=1S/C26H18F2N6S/c1-34-18-11-17(27)15(13-4-2-8-29-12-13)10-16(18)21(23-26(34)32-23)24-31-22-14(19-6-7-20(28)35-19)5-3-9-30-25(22)33-24/h2-12,26,30,32H,1H3,(H,31,33). The number of fused-ring (bicyclic) bond motifs is 3. The number of halogens is 2. The largest absolute Gasteiger partial charge is 0.360 e. The zero-order valence-corrected chi connectivity index (χ0v) is 19.3. The summed E-state index contributed by atoms with van der Waals surface area (Å²) in [6, 6.07) is 10.3. The molecule has 0 radical (unpaired) electrons. The average molecular weight is 485 g/mol. The van der Waals surface area contributed by atoms with Crippen molar-refractivity contribution < 1.29 is 8.78 Å². The van der Waals surface area contributed by atoms with Gasteiger partial charge in [-0.1, -0.05) is 6.07 Å². The number of nitrogens with one attached hydrogen (secondary N) is 3. The molecule has 1 saturated heterocycles. The van der Waals surface area contributed by atoms with Crippen LogP contribution >= 0.6 is 11.3 Å². The van der Waals surface area contributed by atoms with Crippen LogP contribution in [0.1, 0.15) is 22.0 Å². The predicted octanol–water partition coefficient (Wildman–Crippen LogP) is 5.32. The van der Waals surface area contributed by atoms with Gasteiger partial charge in [0.15, 0.2) is 10.9 Å². The second kappa shape index (κ2) is 7.38. The van der Waals surface area contributed by atoms with E-state index in [0.717, 1.165) is 50.0 Å². The van der Waals surface area contributed by atoms with Crippen LogP contribution in [0.15, 0.2) is 72.8 Å². The van der Waals surface area contributed by atoms with Gasteiger partial charge in [-0.3, -0.25) is 4.98 Å². The Morgan fingerprint density at radius 2 is 2.03 bits per heavy atom. The number of aromatic amines is 1.